The van der Waals surface area contributed by atoms with E-state index in [9.17, 15) is 14.7 Å². The molecule has 0 spiro atoms. The first kappa shape index (κ1) is 21.1. The van der Waals surface area contributed by atoms with Crippen molar-refractivity contribution in [3.63, 3.8) is 0 Å². The molecule has 3 heterocycles. The molecule has 2 unspecified atom stereocenters. The van der Waals surface area contributed by atoms with Crippen LogP contribution < -0.4 is 5.32 Å². The van der Waals surface area contributed by atoms with Gasteiger partial charge in [0.2, 0.25) is 0 Å². The molecule has 0 saturated carbocycles. The summed E-state index contributed by atoms with van der Waals surface area (Å²) in [6.07, 6.45) is 5.19. The maximum atomic E-state index is 13.5. The van der Waals surface area contributed by atoms with E-state index >= 15 is 0 Å². The third-order valence-corrected chi connectivity index (χ3v) is 6.88. The Morgan fingerprint density at radius 3 is 2.53 bits per heavy atom. The molecule has 3 fully saturated rings. The van der Waals surface area contributed by atoms with E-state index in [2.05, 4.69) is 17.1 Å². The Hall–Kier alpha value is -2.12. The van der Waals surface area contributed by atoms with E-state index < -0.39 is 5.54 Å². The predicted molar refractivity (Wildman–Crippen MR) is 113 cm³/mol. The van der Waals surface area contributed by atoms with E-state index in [1.54, 1.807) is 12.1 Å². The average molecular weight is 416 g/mol. The highest BCUT2D eigenvalue weighted by Gasteiger charge is 2.55. The molecule has 2 atom stereocenters. The standard InChI is InChI=1S/C23H33N3O4/c1-2-11-23(21(28)26(22(29)24-23)16-20-4-3-14-30-20)18-9-12-25(13-10-18)15-17-5-7-19(27)8-6-17/h5-8,18,20,27H,2-4,9-16H2,1H3,(H,24,29). The number of imide groups is 1. The van der Waals surface area contributed by atoms with Crippen LogP contribution >= 0.6 is 0 Å². The number of piperidine rings is 1. The number of aromatic hydroxyl groups is 1. The van der Waals surface area contributed by atoms with Crippen LogP contribution in [0.15, 0.2) is 24.3 Å². The van der Waals surface area contributed by atoms with Gasteiger partial charge in [0.15, 0.2) is 0 Å². The molecule has 2 N–H and O–H groups in total. The van der Waals surface area contributed by atoms with Gasteiger partial charge in [0.25, 0.3) is 5.91 Å². The molecule has 30 heavy (non-hydrogen) atoms. The molecule has 7 heteroatoms. The summed E-state index contributed by atoms with van der Waals surface area (Å²) < 4.78 is 5.67. The lowest BCUT2D eigenvalue weighted by Gasteiger charge is -2.41. The van der Waals surface area contributed by atoms with Crippen LogP contribution in [0.1, 0.15) is 51.0 Å². The normalized spacial score (nSPS) is 28.3. The Morgan fingerprint density at radius 2 is 1.90 bits per heavy atom. The van der Waals surface area contributed by atoms with Crippen molar-refractivity contribution in [2.75, 3.05) is 26.2 Å². The summed E-state index contributed by atoms with van der Waals surface area (Å²) in [4.78, 5) is 30.0. The van der Waals surface area contributed by atoms with E-state index in [0.29, 0.717) is 19.6 Å². The van der Waals surface area contributed by atoms with E-state index in [1.807, 2.05) is 12.1 Å². The minimum absolute atomic E-state index is 0.0238. The number of likely N-dealkylation sites (tertiary alicyclic amines) is 1. The van der Waals surface area contributed by atoms with Crippen LogP contribution in [-0.2, 0) is 16.1 Å². The highest BCUT2D eigenvalue weighted by atomic mass is 16.5. The number of rotatable bonds is 7. The van der Waals surface area contributed by atoms with Gasteiger partial charge in [0, 0.05) is 13.2 Å². The van der Waals surface area contributed by atoms with Gasteiger partial charge >= 0.3 is 6.03 Å². The lowest BCUT2D eigenvalue weighted by Crippen LogP contribution is -2.56. The third kappa shape index (κ3) is 4.18. The molecule has 3 saturated heterocycles. The average Bonchev–Trinajstić information content (AvgIpc) is 3.34. The zero-order valence-electron chi connectivity index (χ0n) is 17.8. The zero-order chi connectivity index (χ0) is 21.1. The molecule has 0 bridgehead atoms. The highest BCUT2D eigenvalue weighted by molar-refractivity contribution is 6.07. The number of ether oxygens (including phenoxy) is 1. The number of phenolic OH excluding ortho intramolecular Hbond substituents is 1. The molecule has 0 radical (unpaired) electrons. The van der Waals surface area contributed by atoms with E-state index in [-0.39, 0.29) is 29.7 Å². The second kappa shape index (κ2) is 8.94. The van der Waals surface area contributed by atoms with Crippen molar-refractivity contribution in [2.45, 2.75) is 63.6 Å². The number of hydrogen-bond acceptors (Lipinski definition) is 5. The number of benzene rings is 1. The highest BCUT2D eigenvalue weighted by Crippen LogP contribution is 2.37. The molecule has 4 rings (SSSR count). The fraction of sp³-hybridized carbons (Fsp3) is 0.652. The number of nitrogens with zero attached hydrogens (tertiary/aromatic N) is 2. The Bertz CT molecular complexity index is 754. The monoisotopic (exact) mass is 415 g/mol. The molecule has 3 aliphatic rings. The lowest BCUT2D eigenvalue weighted by molar-refractivity contribution is -0.135. The Morgan fingerprint density at radius 1 is 1.17 bits per heavy atom. The number of nitrogens with one attached hydrogen (secondary N) is 1. The van der Waals surface area contributed by atoms with Crippen molar-refractivity contribution in [1.29, 1.82) is 0 Å². The van der Waals surface area contributed by atoms with Crippen LogP contribution in [0.3, 0.4) is 0 Å². The second-order valence-electron chi connectivity index (χ2n) is 8.92. The minimum atomic E-state index is -0.769. The first-order valence-corrected chi connectivity index (χ1v) is 11.3. The summed E-state index contributed by atoms with van der Waals surface area (Å²) in [7, 11) is 0. The molecule has 0 aromatic heterocycles. The van der Waals surface area contributed by atoms with E-state index in [1.165, 1.54) is 10.5 Å². The molecule has 0 aliphatic carbocycles. The van der Waals surface area contributed by atoms with Crippen LogP contribution in [0.25, 0.3) is 0 Å². The predicted octanol–water partition coefficient (Wildman–Crippen LogP) is 2.87. The van der Waals surface area contributed by atoms with Crippen LogP contribution in [0.5, 0.6) is 5.75 Å². The lowest BCUT2D eigenvalue weighted by atomic mass is 9.74. The van der Waals surface area contributed by atoms with Crippen LogP contribution in [0.4, 0.5) is 4.79 Å². The molecule has 1 aromatic rings. The summed E-state index contributed by atoms with van der Waals surface area (Å²) in [6, 6.07) is 7.07. The Balaban J connectivity index is 1.41. The van der Waals surface area contributed by atoms with Crippen LogP contribution in [0.2, 0.25) is 0 Å². The van der Waals surface area contributed by atoms with Gasteiger partial charge in [-0.2, -0.15) is 0 Å². The molecule has 3 amide bonds. The number of amides is 3. The van der Waals surface area contributed by atoms with Crippen molar-refractivity contribution in [3.05, 3.63) is 29.8 Å². The molecule has 1 aromatic carbocycles. The number of carbonyl (C=O) groups excluding carboxylic acids is 2. The van der Waals surface area contributed by atoms with Crippen molar-refractivity contribution in [1.82, 2.24) is 15.1 Å². The SMILES string of the molecule is CCCC1(C2CCN(Cc3ccc(O)cc3)CC2)NC(=O)N(CC2CCCO2)C1=O. The van der Waals surface area contributed by atoms with Gasteiger partial charge in [-0.1, -0.05) is 25.5 Å². The van der Waals surface area contributed by atoms with E-state index in [0.717, 1.165) is 51.7 Å². The first-order valence-electron chi connectivity index (χ1n) is 11.3. The molecular weight excluding hydrogens is 382 g/mol. The van der Waals surface area contributed by atoms with Crippen LogP contribution in [0, 0.1) is 5.92 Å². The smallest absolute Gasteiger partial charge is 0.325 e. The number of carbonyl (C=O) groups is 2. The maximum absolute atomic E-state index is 13.5. The third-order valence-electron chi connectivity index (χ3n) is 6.88. The molecular formula is C23H33N3O4. The molecule has 3 aliphatic heterocycles. The van der Waals surface area contributed by atoms with E-state index in [4.69, 9.17) is 4.74 Å². The van der Waals surface area contributed by atoms with Gasteiger partial charge in [-0.25, -0.2) is 4.79 Å². The fourth-order valence-corrected chi connectivity index (χ4v) is 5.29. The Labute approximate surface area is 178 Å². The van der Waals surface area contributed by atoms with Gasteiger partial charge in [0.05, 0.1) is 12.6 Å². The maximum Gasteiger partial charge on any atom is 0.325 e. The van der Waals surface area contributed by atoms with Crippen molar-refractivity contribution < 1.29 is 19.4 Å². The van der Waals surface area contributed by atoms with Crippen LogP contribution in [-0.4, -0.2) is 64.7 Å². The van der Waals surface area contributed by atoms with Gasteiger partial charge in [-0.05, 0) is 68.8 Å². The van der Waals surface area contributed by atoms with Gasteiger partial charge in [-0.3, -0.25) is 14.6 Å². The number of hydrogen-bond donors (Lipinski definition) is 2. The summed E-state index contributed by atoms with van der Waals surface area (Å²) in [6.45, 7) is 5.78. The Kier molecular flexibility index (Phi) is 6.29. The van der Waals surface area contributed by atoms with Gasteiger partial charge in [0.1, 0.15) is 11.3 Å². The van der Waals surface area contributed by atoms with Crippen molar-refractivity contribution in [3.8, 4) is 5.75 Å². The van der Waals surface area contributed by atoms with Crippen molar-refractivity contribution in [2.24, 2.45) is 5.92 Å². The summed E-state index contributed by atoms with van der Waals surface area (Å²) in [5.74, 6) is 0.378. The molecule has 7 nitrogen and oxygen atoms in total. The minimum Gasteiger partial charge on any atom is -0.508 e. The first-order chi connectivity index (χ1) is 14.5. The summed E-state index contributed by atoms with van der Waals surface area (Å²) in [5.41, 5.74) is 0.400. The summed E-state index contributed by atoms with van der Waals surface area (Å²) in [5, 5.41) is 12.6. The van der Waals surface area contributed by atoms with Gasteiger partial charge in [-0.15, -0.1) is 0 Å². The topological polar surface area (TPSA) is 82.1 Å². The molecule has 164 valence electrons. The summed E-state index contributed by atoms with van der Waals surface area (Å²) >= 11 is 0. The quantitative estimate of drug-likeness (QED) is 0.669. The number of urea groups is 1. The number of phenols is 1. The second-order valence-corrected chi connectivity index (χ2v) is 8.92. The van der Waals surface area contributed by atoms with Crippen molar-refractivity contribution >= 4 is 11.9 Å². The largest absolute Gasteiger partial charge is 0.508 e. The zero-order valence-corrected chi connectivity index (χ0v) is 17.8. The van der Waals surface area contributed by atoms with Gasteiger partial charge < -0.3 is 15.2 Å². The fourth-order valence-electron chi connectivity index (χ4n) is 5.29.